The third-order valence-electron chi connectivity index (χ3n) is 6.81. The number of benzene rings is 2. The average Bonchev–Trinajstić information content (AvgIpc) is 3.21. The summed E-state index contributed by atoms with van der Waals surface area (Å²) >= 11 is 0. The van der Waals surface area contributed by atoms with Gasteiger partial charge >= 0.3 is 5.97 Å². The number of aromatic amines is 1. The van der Waals surface area contributed by atoms with Crippen molar-refractivity contribution in [2.24, 2.45) is 17.8 Å². The molecule has 2 fully saturated rings. The number of ketones is 2. The molecule has 0 spiro atoms. The van der Waals surface area contributed by atoms with Gasteiger partial charge in [-0.15, -0.1) is 0 Å². The number of ether oxygens (including phenoxy) is 1. The molecule has 1 N–H and O–H groups in total. The van der Waals surface area contributed by atoms with Crippen LogP contribution in [0.4, 0.5) is 0 Å². The number of aromatic nitrogens is 1. The number of rotatable bonds is 5. The molecule has 31 heavy (non-hydrogen) atoms. The highest BCUT2D eigenvalue weighted by Gasteiger charge is 2.43. The summed E-state index contributed by atoms with van der Waals surface area (Å²) in [7, 11) is 0. The molecule has 3 aromatic rings. The van der Waals surface area contributed by atoms with Crippen LogP contribution in [0.5, 0.6) is 0 Å². The number of nitrogens with one attached hydrogen (secondary N) is 1. The van der Waals surface area contributed by atoms with Crippen molar-refractivity contribution in [1.82, 2.24) is 4.98 Å². The normalized spacial score (nSPS) is 24.0. The molecule has 3 atom stereocenters. The Balaban J connectivity index is 1.43. The molecule has 1 heterocycles. The second-order valence-corrected chi connectivity index (χ2v) is 8.74. The molecule has 0 amide bonds. The average molecular weight is 415 g/mol. The lowest BCUT2D eigenvalue weighted by Crippen LogP contribution is -2.40. The fourth-order valence-electron chi connectivity index (χ4n) is 5.20. The first-order valence-electron chi connectivity index (χ1n) is 11.0. The van der Waals surface area contributed by atoms with Crippen molar-refractivity contribution in [2.45, 2.75) is 38.2 Å². The fraction of sp³-hybridized carbons (Fsp3) is 0.346. The minimum absolute atomic E-state index is 0.0375. The van der Waals surface area contributed by atoms with Crippen molar-refractivity contribution < 1.29 is 19.1 Å². The van der Waals surface area contributed by atoms with E-state index in [1.807, 2.05) is 54.6 Å². The maximum atomic E-state index is 13.5. The number of hydrogen-bond acceptors (Lipinski definition) is 4. The molecular weight excluding hydrogens is 390 g/mol. The van der Waals surface area contributed by atoms with E-state index >= 15 is 0 Å². The van der Waals surface area contributed by atoms with Crippen LogP contribution in [0.25, 0.3) is 10.9 Å². The quantitative estimate of drug-likeness (QED) is 0.468. The predicted molar refractivity (Wildman–Crippen MR) is 116 cm³/mol. The van der Waals surface area contributed by atoms with Crippen LogP contribution >= 0.6 is 0 Å². The summed E-state index contributed by atoms with van der Waals surface area (Å²) in [5.74, 6) is -0.704. The maximum Gasteiger partial charge on any atom is 0.310 e. The number of para-hydroxylation sites is 1. The molecule has 0 saturated heterocycles. The Hall–Kier alpha value is -3.21. The molecule has 2 saturated carbocycles. The highest BCUT2D eigenvalue weighted by atomic mass is 16.5. The van der Waals surface area contributed by atoms with E-state index in [4.69, 9.17) is 4.74 Å². The molecule has 0 aliphatic heterocycles. The maximum absolute atomic E-state index is 13.5. The topological polar surface area (TPSA) is 76.2 Å². The molecule has 2 bridgehead atoms. The van der Waals surface area contributed by atoms with Gasteiger partial charge in [0.05, 0.1) is 5.92 Å². The molecule has 2 aliphatic rings. The molecule has 5 nitrogen and oxygen atoms in total. The monoisotopic (exact) mass is 415 g/mol. The van der Waals surface area contributed by atoms with Crippen molar-refractivity contribution in [1.29, 1.82) is 0 Å². The van der Waals surface area contributed by atoms with Gasteiger partial charge in [-0.2, -0.15) is 0 Å². The lowest BCUT2D eigenvalue weighted by Gasteiger charge is -2.36. The van der Waals surface area contributed by atoms with Gasteiger partial charge in [-0.1, -0.05) is 55.0 Å². The van der Waals surface area contributed by atoms with Gasteiger partial charge in [-0.3, -0.25) is 14.4 Å². The van der Waals surface area contributed by atoms with Crippen molar-refractivity contribution in [3.8, 4) is 0 Å². The third kappa shape index (κ3) is 3.69. The van der Waals surface area contributed by atoms with E-state index in [0.717, 1.165) is 30.2 Å². The number of esters is 1. The zero-order valence-electron chi connectivity index (χ0n) is 17.3. The molecule has 0 radical (unpaired) electrons. The lowest BCUT2D eigenvalue weighted by molar-refractivity contribution is -0.156. The summed E-state index contributed by atoms with van der Waals surface area (Å²) in [6.07, 6.45) is 4.51. The van der Waals surface area contributed by atoms with E-state index in [9.17, 15) is 14.4 Å². The molecule has 2 aliphatic carbocycles. The second kappa shape index (κ2) is 8.14. The van der Waals surface area contributed by atoms with Crippen molar-refractivity contribution in [3.63, 3.8) is 0 Å². The standard InChI is InChI=1S/C26H25NO4/c28-23-17-9-6-10-18(23)14-19(13-17)26(30)31-25(16-7-2-1-3-8-16)24(29)21-15-27-22-12-5-4-11-20(21)22/h1-5,7-8,11-12,15,17-19,25,27H,6,9-10,13-14H2. The zero-order valence-corrected chi connectivity index (χ0v) is 17.3. The Bertz CT molecular complexity index is 1120. The summed E-state index contributed by atoms with van der Waals surface area (Å²) in [5, 5.41) is 0.808. The summed E-state index contributed by atoms with van der Waals surface area (Å²) in [5.41, 5.74) is 2.02. The van der Waals surface area contributed by atoms with Gasteiger partial charge in [-0.25, -0.2) is 0 Å². The number of fused-ring (bicyclic) bond motifs is 3. The third-order valence-corrected chi connectivity index (χ3v) is 6.81. The number of H-pyrrole nitrogens is 1. The van der Waals surface area contributed by atoms with Crippen LogP contribution in [0.2, 0.25) is 0 Å². The summed E-state index contributed by atoms with van der Waals surface area (Å²) < 4.78 is 5.90. The minimum Gasteiger partial charge on any atom is -0.449 e. The van der Waals surface area contributed by atoms with Crippen LogP contribution in [-0.2, 0) is 14.3 Å². The Kier molecular flexibility index (Phi) is 5.18. The number of carbonyl (C=O) groups excluding carboxylic acids is 3. The summed E-state index contributed by atoms with van der Waals surface area (Å²) in [6, 6.07) is 16.7. The molecule has 2 aromatic carbocycles. The molecule has 5 rings (SSSR count). The largest absolute Gasteiger partial charge is 0.449 e. The van der Waals surface area contributed by atoms with Crippen molar-refractivity contribution >= 4 is 28.4 Å². The first kappa shape index (κ1) is 19.7. The van der Waals surface area contributed by atoms with Gasteiger partial charge in [-0.05, 0) is 31.7 Å². The van der Waals surface area contributed by atoms with E-state index < -0.39 is 6.10 Å². The smallest absolute Gasteiger partial charge is 0.310 e. The number of Topliss-reactive ketones (excluding diaryl/α,β-unsaturated/α-hetero) is 2. The van der Waals surface area contributed by atoms with Gasteiger partial charge in [0.15, 0.2) is 6.10 Å². The Morgan fingerprint density at radius 2 is 1.61 bits per heavy atom. The summed E-state index contributed by atoms with van der Waals surface area (Å²) in [4.78, 5) is 42.2. The first-order chi connectivity index (χ1) is 15.1. The van der Waals surface area contributed by atoms with Gasteiger partial charge in [0.2, 0.25) is 5.78 Å². The van der Waals surface area contributed by atoms with Gasteiger partial charge in [0, 0.05) is 40.1 Å². The first-order valence-corrected chi connectivity index (χ1v) is 11.0. The highest BCUT2D eigenvalue weighted by molar-refractivity contribution is 6.10. The van der Waals surface area contributed by atoms with E-state index in [-0.39, 0.29) is 29.5 Å². The Labute approximate surface area is 180 Å². The molecule has 1 aromatic heterocycles. The second-order valence-electron chi connectivity index (χ2n) is 8.74. The Morgan fingerprint density at radius 1 is 0.935 bits per heavy atom. The van der Waals surface area contributed by atoms with Gasteiger partial charge in [0.1, 0.15) is 5.78 Å². The van der Waals surface area contributed by atoms with Crippen molar-refractivity contribution in [3.05, 3.63) is 71.9 Å². The molecule has 3 unspecified atom stereocenters. The fourth-order valence-corrected chi connectivity index (χ4v) is 5.20. The van der Waals surface area contributed by atoms with Gasteiger partial charge < -0.3 is 9.72 Å². The molecule has 158 valence electrons. The van der Waals surface area contributed by atoms with Crippen molar-refractivity contribution in [2.75, 3.05) is 0 Å². The van der Waals surface area contributed by atoms with Crippen LogP contribution in [0.3, 0.4) is 0 Å². The molecule has 5 heteroatoms. The number of carbonyl (C=O) groups is 3. The number of hydrogen-bond donors (Lipinski definition) is 1. The van der Waals surface area contributed by atoms with Crippen LogP contribution in [0.1, 0.15) is 54.1 Å². The molecular formula is C26H25NO4. The predicted octanol–water partition coefficient (Wildman–Crippen LogP) is 5.03. The van der Waals surface area contributed by atoms with Crippen LogP contribution in [-0.4, -0.2) is 22.5 Å². The lowest BCUT2D eigenvalue weighted by atomic mass is 9.67. The van der Waals surface area contributed by atoms with E-state index in [1.54, 1.807) is 6.20 Å². The Morgan fingerprint density at radius 3 is 2.35 bits per heavy atom. The highest BCUT2D eigenvalue weighted by Crippen LogP contribution is 2.41. The minimum atomic E-state index is -1.01. The van der Waals surface area contributed by atoms with E-state index in [0.29, 0.717) is 29.8 Å². The van der Waals surface area contributed by atoms with Crippen LogP contribution < -0.4 is 0 Å². The zero-order chi connectivity index (χ0) is 21.4. The van der Waals surface area contributed by atoms with E-state index in [2.05, 4.69) is 4.98 Å². The van der Waals surface area contributed by atoms with E-state index in [1.165, 1.54) is 0 Å². The van der Waals surface area contributed by atoms with Crippen LogP contribution in [0.15, 0.2) is 60.8 Å². The van der Waals surface area contributed by atoms with Gasteiger partial charge in [0.25, 0.3) is 0 Å². The van der Waals surface area contributed by atoms with Crippen LogP contribution in [0, 0.1) is 17.8 Å². The summed E-state index contributed by atoms with van der Waals surface area (Å²) in [6.45, 7) is 0. The SMILES string of the molecule is O=C(OC(C(=O)c1c[nH]c2ccccc12)c1ccccc1)C1CC2CCCC(C1)C2=O.